The minimum absolute atomic E-state index is 0.0581. The normalized spacial score (nSPS) is 14.6. The van der Waals surface area contributed by atoms with Gasteiger partial charge in [-0.1, -0.05) is 11.3 Å². The van der Waals surface area contributed by atoms with Crippen molar-refractivity contribution in [2.45, 2.75) is 20.4 Å². The third-order valence-corrected chi connectivity index (χ3v) is 7.08. The SMILES string of the molecule is CCOCCn1c(=NC(=O)CSCC(=O)N2CCN(C(=O)OCC)CC2)sc2cc(F)ccc21. The first-order valence-electron chi connectivity index (χ1n) is 11.1. The average Bonchev–Trinajstić information content (AvgIpc) is 3.15. The van der Waals surface area contributed by atoms with Crippen LogP contribution in [0, 0.1) is 5.82 Å². The summed E-state index contributed by atoms with van der Waals surface area (Å²) in [7, 11) is 0. The summed E-state index contributed by atoms with van der Waals surface area (Å²) < 4.78 is 26.6. The summed E-state index contributed by atoms with van der Waals surface area (Å²) >= 11 is 2.45. The highest BCUT2D eigenvalue weighted by Crippen LogP contribution is 2.19. The molecule has 12 heteroatoms. The lowest BCUT2D eigenvalue weighted by molar-refractivity contribution is -0.129. The van der Waals surface area contributed by atoms with E-state index < -0.39 is 0 Å². The molecule has 1 saturated heterocycles. The lowest BCUT2D eigenvalue weighted by atomic mass is 10.3. The number of hydrogen-bond acceptors (Lipinski definition) is 7. The van der Waals surface area contributed by atoms with Gasteiger partial charge in [0.1, 0.15) is 5.82 Å². The van der Waals surface area contributed by atoms with Gasteiger partial charge in [-0.15, -0.1) is 11.8 Å². The van der Waals surface area contributed by atoms with Crippen LogP contribution in [0.2, 0.25) is 0 Å². The number of hydrogen-bond donors (Lipinski definition) is 0. The van der Waals surface area contributed by atoms with Gasteiger partial charge in [0.25, 0.3) is 5.91 Å². The summed E-state index contributed by atoms with van der Waals surface area (Å²) in [5.74, 6) is -0.570. The second-order valence-electron chi connectivity index (χ2n) is 7.41. The first kappa shape index (κ1) is 26.2. The highest BCUT2D eigenvalue weighted by Gasteiger charge is 2.24. The Labute approximate surface area is 205 Å². The molecule has 0 saturated carbocycles. The molecular formula is C22H29FN4O5S2. The summed E-state index contributed by atoms with van der Waals surface area (Å²) in [6.07, 6.45) is -0.362. The highest BCUT2D eigenvalue weighted by atomic mass is 32.2. The number of carbonyl (C=O) groups is 3. The molecule has 0 unspecified atom stereocenters. The summed E-state index contributed by atoms with van der Waals surface area (Å²) in [6, 6.07) is 4.48. The van der Waals surface area contributed by atoms with E-state index in [9.17, 15) is 18.8 Å². The van der Waals surface area contributed by atoms with E-state index in [1.807, 2.05) is 11.5 Å². The van der Waals surface area contributed by atoms with Crippen LogP contribution in [0.25, 0.3) is 10.2 Å². The van der Waals surface area contributed by atoms with Crippen LogP contribution in [0.3, 0.4) is 0 Å². The van der Waals surface area contributed by atoms with Crippen LogP contribution in [0.4, 0.5) is 9.18 Å². The maximum Gasteiger partial charge on any atom is 0.409 e. The fourth-order valence-corrected chi connectivity index (χ4v) is 5.25. The lowest BCUT2D eigenvalue weighted by Gasteiger charge is -2.34. The van der Waals surface area contributed by atoms with Crippen molar-refractivity contribution in [3.8, 4) is 0 Å². The number of rotatable bonds is 9. The third-order valence-electron chi connectivity index (χ3n) is 5.14. The predicted molar refractivity (Wildman–Crippen MR) is 129 cm³/mol. The molecule has 0 spiro atoms. The number of benzene rings is 1. The molecule has 2 heterocycles. The fourth-order valence-electron chi connectivity index (χ4n) is 3.46. The zero-order valence-corrected chi connectivity index (χ0v) is 21.0. The van der Waals surface area contributed by atoms with Crippen LogP contribution >= 0.6 is 23.1 Å². The van der Waals surface area contributed by atoms with Gasteiger partial charge in [-0.25, -0.2) is 9.18 Å². The molecular weight excluding hydrogens is 483 g/mol. The molecule has 34 heavy (non-hydrogen) atoms. The molecule has 0 radical (unpaired) electrons. The Hall–Kier alpha value is -2.44. The van der Waals surface area contributed by atoms with E-state index in [1.54, 1.807) is 22.8 Å². The Balaban J connectivity index is 1.55. The molecule has 1 fully saturated rings. The number of carbonyl (C=O) groups excluding carboxylic acids is 3. The summed E-state index contributed by atoms with van der Waals surface area (Å²) in [5.41, 5.74) is 0.794. The zero-order valence-electron chi connectivity index (χ0n) is 19.3. The average molecular weight is 513 g/mol. The van der Waals surface area contributed by atoms with E-state index in [-0.39, 0.29) is 35.2 Å². The van der Waals surface area contributed by atoms with Gasteiger partial charge in [-0.05, 0) is 32.0 Å². The number of ether oxygens (including phenoxy) is 2. The molecule has 1 aromatic carbocycles. The van der Waals surface area contributed by atoms with E-state index >= 15 is 0 Å². The Morgan fingerprint density at radius 3 is 2.53 bits per heavy atom. The number of nitrogens with zero attached hydrogens (tertiary/aromatic N) is 4. The van der Waals surface area contributed by atoms with Crippen LogP contribution in [0.5, 0.6) is 0 Å². The maximum atomic E-state index is 13.6. The molecule has 9 nitrogen and oxygen atoms in total. The Kier molecular flexibility index (Phi) is 9.90. The van der Waals surface area contributed by atoms with Gasteiger partial charge in [-0.2, -0.15) is 4.99 Å². The zero-order chi connectivity index (χ0) is 24.5. The van der Waals surface area contributed by atoms with Crippen LogP contribution in [0.1, 0.15) is 13.8 Å². The van der Waals surface area contributed by atoms with Gasteiger partial charge in [0, 0.05) is 39.3 Å². The smallest absolute Gasteiger partial charge is 0.409 e. The van der Waals surface area contributed by atoms with Crippen molar-refractivity contribution in [1.29, 1.82) is 0 Å². The van der Waals surface area contributed by atoms with Gasteiger partial charge in [0.2, 0.25) is 5.91 Å². The first-order valence-corrected chi connectivity index (χ1v) is 13.1. The number of thioether (sulfide) groups is 1. The van der Waals surface area contributed by atoms with Crippen LogP contribution in [0.15, 0.2) is 23.2 Å². The number of amides is 3. The molecule has 2 aromatic rings. The number of thiazole rings is 1. The van der Waals surface area contributed by atoms with E-state index in [0.717, 1.165) is 5.52 Å². The van der Waals surface area contributed by atoms with Crippen molar-refractivity contribution in [2.24, 2.45) is 4.99 Å². The van der Waals surface area contributed by atoms with Gasteiger partial charge < -0.3 is 23.8 Å². The van der Waals surface area contributed by atoms with Gasteiger partial charge in [0.15, 0.2) is 4.80 Å². The molecule has 1 aliphatic rings. The van der Waals surface area contributed by atoms with Crippen molar-refractivity contribution in [1.82, 2.24) is 14.4 Å². The topological polar surface area (TPSA) is 93.4 Å². The molecule has 1 aromatic heterocycles. The largest absolute Gasteiger partial charge is 0.450 e. The molecule has 186 valence electrons. The molecule has 3 amide bonds. The van der Waals surface area contributed by atoms with Crippen LogP contribution in [-0.4, -0.2) is 89.8 Å². The Morgan fingerprint density at radius 1 is 1.09 bits per heavy atom. The molecule has 0 aliphatic carbocycles. The van der Waals surface area contributed by atoms with E-state index in [1.165, 1.54) is 35.2 Å². The van der Waals surface area contributed by atoms with E-state index in [4.69, 9.17) is 9.47 Å². The third kappa shape index (κ3) is 7.03. The molecule has 1 aliphatic heterocycles. The first-order chi connectivity index (χ1) is 16.4. The number of piperazine rings is 1. The van der Waals surface area contributed by atoms with Crippen LogP contribution < -0.4 is 4.80 Å². The van der Waals surface area contributed by atoms with Gasteiger partial charge >= 0.3 is 6.09 Å². The minimum atomic E-state index is -0.362. The van der Waals surface area contributed by atoms with E-state index in [0.29, 0.717) is 62.0 Å². The van der Waals surface area contributed by atoms with Crippen molar-refractivity contribution in [3.63, 3.8) is 0 Å². The van der Waals surface area contributed by atoms with Crippen molar-refractivity contribution < 1.29 is 28.2 Å². The highest BCUT2D eigenvalue weighted by molar-refractivity contribution is 8.00. The number of aromatic nitrogens is 1. The Bertz CT molecular complexity index is 1080. The quantitative estimate of drug-likeness (QED) is 0.479. The number of halogens is 1. The second kappa shape index (κ2) is 12.9. The predicted octanol–water partition coefficient (Wildman–Crippen LogP) is 2.34. The number of fused-ring (bicyclic) bond motifs is 1. The molecule has 0 bridgehead atoms. The molecule has 0 N–H and O–H groups in total. The maximum absolute atomic E-state index is 13.6. The lowest BCUT2D eigenvalue weighted by Crippen LogP contribution is -2.51. The minimum Gasteiger partial charge on any atom is -0.450 e. The van der Waals surface area contributed by atoms with Gasteiger partial charge in [-0.3, -0.25) is 9.59 Å². The molecule has 3 rings (SSSR count). The van der Waals surface area contributed by atoms with Crippen molar-refractivity contribution in [2.75, 3.05) is 57.5 Å². The van der Waals surface area contributed by atoms with Crippen molar-refractivity contribution >= 4 is 51.2 Å². The van der Waals surface area contributed by atoms with E-state index in [2.05, 4.69) is 4.99 Å². The standard InChI is InChI=1S/C22H29FN4O5S2/c1-3-31-12-11-27-17-6-5-16(23)13-18(17)34-21(27)24-19(28)14-33-15-20(29)25-7-9-26(10-8-25)22(30)32-4-2/h5-6,13H,3-4,7-12,14-15H2,1-2H3. The monoisotopic (exact) mass is 512 g/mol. The van der Waals surface area contributed by atoms with Crippen LogP contribution in [-0.2, 0) is 25.6 Å². The summed E-state index contributed by atoms with van der Waals surface area (Å²) in [6.45, 7) is 7.23. The second-order valence-corrected chi connectivity index (χ2v) is 9.41. The Morgan fingerprint density at radius 2 is 1.82 bits per heavy atom. The van der Waals surface area contributed by atoms with Gasteiger partial charge in [0.05, 0.1) is 34.9 Å². The molecule has 0 atom stereocenters. The summed E-state index contributed by atoms with van der Waals surface area (Å²) in [5, 5.41) is 0. The fraction of sp³-hybridized carbons (Fsp3) is 0.545. The van der Waals surface area contributed by atoms with Crippen molar-refractivity contribution in [3.05, 3.63) is 28.8 Å². The summed E-state index contributed by atoms with van der Waals surface area (Å²) in [4.78, 5) is 44.7.